The number of rotatable bonds is 4. The van der Waals surface area contributed by atoms with Crippen LogP contribution in [0, 0.1) is 0 Å². The molecule has 3 aromatic rings. The number of nitrogens with one attached hydrogen (secondary N) is 2. The number of likely N-dealkylation sites (tertiary alicyclic amines) is 1. The number of hydrogen-bond donors (Lipinski definition) is 2. The standard InChI is InChI=1S/C22H22F2N4O2/c1-14(21(30)27-19-10-15-4-2-3-5-16(15)11-25-19)28-9-8-22(23,24)18(13-28)17-6-7-20(29)26-12-17/h2-7,10-12,14,18H,8-9,13H2,1H3,(H,26,29)(H,25,27,30)/t14?,18-/m1/s1. The van der Waals surface area contributed by atoms with Crippen molar-refractivity contribution in [1.29, 1.82) is 0 Å². The van der Waals surface area contributed by atoms with Crippen molar-refractivity contribution in [3.63, 3.8) is 0 Å². The molecule has 1 aromatic carbocycles. The summed E-state index contributed by atoms with van der Waals surface area (Å²) in [5, 5.41) is 4.70. The van der Waals surface area contributed by atoms with E-state index >= 15 is 0 Å². The molecule has 2 atom stereocenters. The number of fused-ring (bicyclic) bond motifs is 1. The van der Waals surface area contributed by atoms with E-state index < -0.39 is 17.9 Å². The van der Waals surface area contributed by atoms with Gasteiger partial charge in [-0.3, -0.25) is 14.5 Å². The number of nitrogens with zero attached hydrogens (tertiary/aromatic N) is 2. The minimum atomic E-state index is -2.91. The first-order valence-electron chi connectivity index (χ1n) is 9.80. The van der Waals surface area contributed by atoms with Gasteiger partial charge in [0, 0.05) is 43.4 Å². The number of halogens is 2. The lowest BCUT2D eigenvalue weighted by Crippen LogP contribution is -2.52. The summed E-state index contributed by atoms with van der Waals surface area (Å²) in [6.07, 6.45) is 2.65. The van der Waals surface area contributed by atoms with Crippen LogP contribution in [0.15, 0.2) is 59.7 Å². The van der Waals surface area contributed by atoms with Crippen molar-refractivity contribution in [2.24, 2.45) is 0 Å². The number of piperidine rings is 1. The fourth-order valence-electron chi connectivity index (χ4n) is 3.82. The normalized spacial score (nSPS) is 20.0. The maximum Gasteiger partial charge on any atom is 0.257 e. The molecule has 1 unspecified atom stereocenters. The third-order valence-electron chi connectivity index (χ3n) is 5.68. The van der Waals surface area contributed by atoms with Crippen LogP contribution in [0.1, 0.15) is 24.8 Å². The Morgan fingerprint density at radius 1 is 1.27 bits per heavy atom. The van der Waals surface area contributed by atoms with Gasteiger partial charge in [-0.1, -0.05) is 30.3 Å². The zero-order valence-corrected chi connectivity index (χ0v) is 16.4. The number of aromatic nitrogens is 2. The average Bonchev–Trinajstić information content (AvgIpc) is 2.74. The summed E-state index contributed by atoms with van der Waals surface area (Å²) in [5.74, 6) is -3.89. The van der Waals surface area contributed by atoms with Crippen molar-refractivity contribution in [1.82, 2.24) is 14.9 Å². The van der Waals surface area contributed by atoms with Crippen LogP contribution in [-0.4, -0.2) is 45.8 Å². The molecule has 0 saturated carbocycles. The molecule has 1 fully saturated rings. The second-order valence-electron chi connectivity index (χ2n) is 7.63. The van der Waals surface area contributed by atoms with E-state index in [9.17, 15) is 18.4 Å². The molecule has 156 valence electrons. The molecule has 30 heavy (non-hydrogen) atoms. The number of anilines is 1. The highest BCUT2D eigenvalue weighted by Gasteiger charge is 2.46. The van der Waals surface area contributed by atoms with Crippen molar-refractivity contribution in [3.05, 3.63) is 70.8 Å². The number of amides is 1. The number of pyridine rings is 2. The Labute approximate surface area is 171 Å². The van der Waals surface area contributed by atoms with Crippen molar-refractivity contribution in [2.75, 3.05) is 18.4 Å². The molecular weight excluding hydrogens is 390 g/mol. The monoisotopic (exact) mass is 412 g/mol. The molecule has 1 aliphatic heterocycles. The number of H-pyrrole nitrogens is 1. The second-order valence-corrected chi connectivity index (χ2v) is 7.63. The largest absolute Gasteiger partial charge is 0.329 e. The fraction of sp³-hybridized carbons (Fsp3) is 0.318. The summed E-state index contributed by atoms with van der Waals surface area (Å²) in [7, 11) is 0. The highest BCUT2D eigenvalue weighted by Crippen LogP contribution is 2.40. The van der Waals surface area contributed by atoms with Gasteiger partial charge in [-0.2, -0.15) is 0 Å². The first-order chi connectivity index (χ1) is 14.3. The number of alkyl halides is 2. The molecular formula is C22H22F2N4O2. The zero-order valence-electron chi connectivity index (χ0n) is 16.4. The van der Waals surface area contributed by atoms with Gasteiger partial charge in [0.2, 0.25) is 11.5 Å². The third-order valence-corrected chi connectivity index (χ3v) is 5.68. The maximum atomic E-state index is 14.6. The summed E-state index contributed by atoms with van der Waals surface area (Å²) in [4.78, 5) is 32.5. The smallest absolute Gasteiger partial charge is 0.257 e. The summed E-state index contributed by atoms with van der Waals surface area (Å²) in [5.41, 5.74) is 0.0125. The van der Waals surface area contributed by atoms with E-state index in [2.05, 4.69) is 15.3 Å². The van der Waals surface area contributed by atoms with Crippen molar-refractivity contribution < 1.29 is 13.6 Å². The SMILES string of the molecule is CC(C(=O)Nc1cc2ccccc2cn1)N1CCC(F)(F)[C@@H](c2ccc(=O)[nH]c2)C1. The van der Waals surface area contributed by atoms with Gasteiger partial charge in [0.25, 0.3) is 5.92 Å². The number of benzene rings is 1. The minimum absolute atomic E-state index is 0.0127. The van der Waals surface area contributed by atoms with Crippen molar-refractivity contribution in [3.8, 4) is 0 Å². The number of carbonyl (C=O) groups excluding carboxylic acids is 1. The molecule has 8 heteroatoms. The van der Waals surface area contributed by atoms with Crippen LogP contribution in [0.5, 0.6) is 0 Å². The molecule has 2 N–H and O–H groups in total. The van der Waals surface area contributed by atoms with Crippen molar-refractivity contribution >= 4 is 22.5 Å². The van der Waals surface area contributed by atoms with Gasteiger partial charge < -0.3 is 10.3 Å². The second kappa shape index (κ2) is 7.95. The van der Waals surface area contributed by atoms with Gasteiger partial charge >= 0.3 is 0 Å². The van der Waals surface area contributed by atoms with E-state index in [4.69, 9.17) is 0 Å². The highest BCUT2D eigenvalue weighted by atomic mass is 19.3. The summed E-state index contributed by atoms with van der Waals surface area (Å²) < 4.78 is 29.1. The lowest BCUT2D eigenvalue weighted by Gasteiger charge is -2.40. The summed E-state index contributed by atoms with van der Waals surface area (Å²) >= 11 is 0. The van der Waals surface area contributed by atoms with Gasteiger partial charge in [0.05, 0.1) is 12.0 Å². The topological polar surface area (TPSA) is 78.1 Å². The Bertz CT molecular complexity index is 1110. The molecule has 2 aromatic heterocycles. The molecule has 1 saturated heterocycles. The Hall–Kier alpha value is -3.13. The predicted octanol–water partition coefficient (Wildman–Crippen LogP) is 3.37. The van der Waals surface area contributed by atoms with Gasteiger partial charge in [0.15, 0.2) is 0 Å². The van der Waals surface area contributed by atoms with Gasteiger partial charge in [-0.15, -0.1) is 0 Å². The Morgan fingerprint density at radius 2 is 2.03 bits per heavy atom. The van der Waals surface area contributed by atoms with E-state index in [1.54, 1.807) is 24.1 Å². The van der Waals surface area contributed by atoms with Gasteiger partial charge in [-0.25, -0.2) is 13.8 Å². The number of aromatic amines is 1. The number of carbonyl (C=O) groups is 1. The Morgan fingerprint density at radius 3 is 2.77 bits per heavy atom. The lowest BCUT2D eigenvalue weighted by atomic mass is 9.87. The fourth-order valence-corrected chi connectivity index (χ4v) is 3.82. The Balaban J connectivity index is 1.48. The minimum Gasteiger partial charge on any atom is -0.329 e. The summed E-state index contributed by atoms with van der Waals surface area (Å²) in [6, 6.07) is 11.5. The first-order valence-corrected chi connectivity index (χ1v) is 9.80. The molecule has 1 aliphatic rings. The van der Waals surface area contributed by atoms with E-state index in [0.29, 0.717) is 11.4 Å². The van der Waals surface area contributed by atoms with Crippen LogP contribution < -0.4 is 10.9 Å². The molecule has 0 radical (unpaired) electrons. The number of hydrogen-bond acceptors (Lipinski definition) is 4. The van der Waals surface area contributed by atoms with E-state index in [-0.39, 0.29) is 31.0 Å². The molecule has 3 heterocycles. The lowest BCUT2D eigenvalue weighted by molar-refractivity contribution is -0.125. The quantitative estimate of drug-likeness (QED) is 0.689. The predicted molar refractivity (Wildman–Crippen MR) is 111 cm³/mol. The Kier molecular flexibility index (Phi) is 5.34. The first kappa shape index (κ1) is 20.2. The van der Waals surface area contributed by atoms with Gasteiger partial charge in [0.1, 0.15) is 5.82 Å². The van der Waals surface area contributed by atoms with E-state index in [1.807, 2.05) is 24.3 Å². The third kappa shape index (κ3) is 4.09. The summed E-state index contributed by atoms with van der Waals surface area (Å²) in [6.45, 7) is 1.81. The van der Waals surface area contributed by atoms with Crippen LogP contribution >= 0.6 is 0 Å². The van der Waals surface area contributed by atoms with Crippen LogP contribution in [0.3, 0.4) is 0 Å². The molecule has 0 aliphatic carbocycles. The highest BCUT2D eigenvalue weighted by molar-refractivity contribution is 5.95. The van der Waals surface area contributed by atoms with Crippen molar-refractivity contribution in [2.45, 2.75) is 31.2 Å². The van der Waals surface area contributed by atoms with Crippen LogP contribution in [0.2, 0.25) is 0 Å². The van der Waals surface area contributed by atoms with Gasteiger partial charge in [-0.05, 0) is 23.9 Å². The molecule has 0 spiro atoms. The van der Waals surface area contributed by atoms with Crippen LogP contribution in [0.4, 0.5) is 14.6 Å². The zero-order chi connectivity index (χ0) is 21.3. The van der Waals surface area contributed by atoms with E-state index in [1.165, 1.54) is 18.3 Å². The maximum absolute atomic E-state index is 14.6. The molecule has 0 bridgehead atoms. The molecule has 4 rings (SSSR count). The average molecular weight is 412 g/mol. The molecule has 6 nitrogen and oxygen atoms in total. The van der Waals surface area contributed by atoms with Crippen LogP contribution in [-0.2, 0) is 4.79 Å². The van der Waals surface area contributed by atoms with Crippen LogP contribution in [0.25, 0.3) is 10.8 Å². The van der Waals surface area contributed by atoms with E-state index in [0.717, 1.165) is 10.8 Å². The molecule has 1 amide bonds.